The molecule has 0 saturated carbocycles. The molecule has 106 valence electrons. The van der Waals surface area contributed by atoms with Gasteiger partial charge in [-0.05, 0) is 30.5 Å². The summed E-state index contributed by atoms with van der Waals surface area (Å²) in [5.41, 5.74) is 0.850. The molecule has 0 spiro atoms. The lowest BCUT2D eigenvalue weighted by Crippen LogP contribution is -2.58. The van der Waals surface area contributed by atoms with Crippen LogP contribution in [0.25, 0.3) is 0 Å². The highest BCUT2D eigenvalue weighted by Gasteiger charge is 2.47. The first-order valence-corrected chi connectivity index (χ1v) is 6.61. The Kier molecular flexibility index (Phi) is 3.08. The van der Waals surface area contributed by atoms with Crippen molar-refractivity contribution in [2.24, 2.45) is 0 Å². The van der Waals surface area contributed by atoms with Crippen LogP contribution in [0, 0.1) is 5.82 Å². The summed E-state index contributed by atoms with van der Waals surface area (Å²) in [7, 11) is 0. The minimum absolute atomic E-state index is 0.115. The minimum atomic E-state index is -1.02. The summed E-state index contributed by atoms with van der Waals surface area (Å²) in [5, 5.41) is 9.16. The molecule has 2 bridgehead atoms. The van der Waals surface area contributed by atoms with Gasteiger partial charge in [-0.15, -0.1) is 0 Å². The summed E-state index contributed by atoms with van der Waals surface area (Å²) >= 11 is 0. The first-order valence-electron chi connectivity index (χ1n) is 6.61. The lowest BCUT2D eigenvalue weighted by atomic mass is 10.1. The van der Waals surface area contributed by atoms with Crippen LogP contribution < -0.4 is 0 Å². The molecular formula is C14H15FN2O3. The van der Waals surface area contributed by atoms with Crippen molar-refractivity contribution in [1.82, 2.24) is 9.80 Å². The van der Waals surface area contributed by atoms with E-state index in [1.807, 2.05) is 0 Å². The van der Waals surface area contributed by atoms with Crippen LogP contribution in [0.1, 0.15) is 18.4 Å². The molecule has 2 aliphatic heterocycles. The summed E-state index contributed by atoms with van der Waals surface area (Å²) in [6.07, 6.45) is 0.297. The molecule has 0 aromatic heterocycles. The highest BCUT2D eigenvalue weighted by molar-refractivity contribution is 5.87. The zero-order valence-electron chi connectivity index (χ0n) is 10.8. The van der Waals surface area contributed by atoms with E-state index in [1.54, 1.807) is 17.0 Å². The van der Waals surface area contributed by atoms with Gasteiger partial charge in [0.15, 0.2) is 0 Å². The van der Waals surface area contributed by atoms with E-state index < -0.39 is 12.1 Å². The van der Waals surface area contributed by atoms with Crippen molar-refractivity contribution in [2.75, 3.05) is 6.54 Å². The third-order valence-corrected chi connectivity index (χ3v) is 4.04. The number of halogens is 1. The lowest BCUT2D eigenvalue weighted by Gasteiger charge is -2.38. The van der Waals surface area contributed by atoms with E-state index in [9.17, 15) is 14.0 Å². The van der Waals surface area contributed by atoms with Crippen LogP contribution >= 0.6 is 0 Å². The van der Waals surface area contributed by atoms with E-state index >= 15 is 0 Å². The molecule has 0 aliphatic carbocycles. The van der Waals surface area contributed by atoms with Gasteiger partial charge < -0.3 is 10.0 Å². The van der Waals surface area contributed by atoms with Crippen LogP contribution in [-0.4, -0.2) is 45.5 Å². The van der Waals surface area contributed by atoms with E-state index in [-0.39, 0.29) is 17.8 Å². The highest BCUT2D eigenvalue weighted by Crippen LogP contribution is 2.31. The molecule has 3 rings (SSSR count). The number of nitrogens with zero attached hydrogens (tertiary/aromatic N) is 2. The number of piperazine rings is 1. The summed E-state index contributed by atoms with van der Waals surface area (Å²) < 4.78 is 12.9. The number of fused-ring (bicyclic) bond motifs is 2. The molecule has 2 atom stereocenters. The van der Waals surface area contributed by atoms with E-state index in [4.69, 9.17) is 5.11 Å². The number of amides is 2. The fraction of sp³-hybridized carbons (Fsp3) is 0.429. The van der Waals surface area contributed by atoms with Crippen LogP contribution in [-0.2, 0) is 11.3 Å². The van der Waals surface area contributed by atoms with Crippen LogP contribution in [0.2, 0.25) is 0 Å². The molecular weight excluding hydrogens is 263 g/mol. The number of likely N-dealkylation sites (tertiary alicyclic amines) is 1. The Hall–Kier alpha value is -2.11. The van der Waals surface area contributed by atoms with Crippen molar-refractivity contribution < 1.29 is 19.1 Å². The van der Waals surface area contributed by atoms with Crippen LogP contribution in [0.4, 0.5) is 9.18 Å². The Bertz CT molecular complexity index is 546. The van der Waals surface area contributed by atoms with Gasteiger partial charge in [-0.1, -0.05) is 12.1 Å². The SMILES string of the molecule is O=C1C2CCC(CN1Cc1ccc(F)cc1)N2C(=O)O. The molecule has 2 heterocycles. The van der Waals surface area contributed by atoms with E-state index in [2.05, 4.69) is 0 Å². The molecule has 2 amide bonds. The topological polar surface area (TPSA) is 60.9 Å². The average Bonchev–Trinajstić information content (AvgIpc) is 2.77. The first kappa shape index (κ1) is 12.9. The molecule has 1 aromatic rings. The number of benzene rings is 1. The van der Waals surface area contributed by atoms with Crippen molar-refractivity contribution in [3.05, 3.63) is 35.6 Å². The molecule has 1 aromatic carbocycles. The summed E-state index contributed by atoms with van der Waals surface area (Å²) in [4.78, 5) is 26.4. The maximum Gasteiger partial charge on any atom is 0.408 e. The molecule has 2 aliphatic rings. The second kappa shape index (κ2) is 4.77. The van der Waals surface area contributed by atoms with Crippen LogP contribution in [0.5, 0.6) is 0 Å². The molecule has 5 nitrogen and oxygen atoms in total. The monoisotopic (exact) mass is 278 g/mol. The Morgan fingerprint density at radius 1 is 1.30 bits per heavy atom. The number of hydrogen-bond acceptors (Lipinski definition) is 2. The molecule has 0 radical (unpaired) electrons. The molecule has 2 saturated heterocycles. The second-order valence-corrected chi connectivity index (χ2v) is 5.28. The normalized spacial score (nSPS) is 25.1. The van der Waals surface area contributed by atoms with Crippen LogP contribution in [0.3, 0.4) is 0 Å². The van der Waals surface area contributed by atoms with E-state index in [1.165, 1.54) is 17.0 Å². The molecule has 20 heavy (non-hydrogen) atoms. The Labute approximate surface area is 115 Å². The first-order chi connectivity index (χ1) is 9.56. The smallest absolute Gasteiger partial charge is 0.408 e. The van der Waals surface area contributed by atoms with Gasteiger partial charge in [-0.25, -0.2) is 9.18 Å². The lowest BCUT2D eigenvalue weighted by molar-refractivity contribution is -0.140. The number of carbonyl (C=O) groups excluding carboxylic acids is 1. The second-order valence-electron chi connectivity index (χ2n) is 5.28. The van der Waals surface area contributed by atoms with Gasteiger partial charge in [0.2, 0.25) is 5.91 Å². The summed E-state index contributed by atoms with van der Waals surface area (Å²) in [6, 6.07) is 5.36. The van der Waals surface area contributed by atoms with Gasteiger partial charge in [0.05, 0.1) is 6.04 Å². The average molecular weight is 278 g/mol. The van der Waals surface area contributed by atoms with Gasteiger partial charge in [-0.3, -0.25) is 9.69 Å². The summed E-state index contributed by atoms with van der Waals surface area (Å²) in [5.74, 6) is -0.457. The zero-order valence-corrected chi connectivity index (χ0v) is 10.8. The molecule has 2 fully saturated rings. The van der Waals surface area contributed by atoms with Crippen LogP contribution in [0.15, 0.2) is 24.3 Å². The zero-order chi connectivity index (χ0) is 14.3. The predicted molar refractivity (Wildman–Crippen MR) is 68.5 cm³/mol. The Morgan fingerprint density at radius 3 is 2.65 bits per heavy atom. The fourth-order valence-corrected chi connectivity index (χ4v) is 3.10. The Morgan fingerprint density at radius 2 is 2.00 bits per heavy atom. The van der Waals surface area contributed by atoms with E-state index in [0.29, 0.717) is 19.5 Å². The largest absolute Gasteiger partial charge is 0.465 e. The third kappa shape index (κ3) is 2.11. The van der Waals surface area contributed by atoms with Gasteiger partial charge in [0.1, 0.15) is 11.9 Å². The van der Waals surface area contributed by atoms with Crippen molar-refractivity contribution in [1.29, 1.82) is 0 Å². The standard InChI is InChI=1S/C14H15FN2O3/c15-10-3-1-9(2-4-10)7-16-8-11-5-6-12(13(16)18)17(11)14(19)20/h1-4,11-12H,5-8H2,(H,19,20). The number of carbonyl (C=O) groups is 2. The fourth-order valence-electron chi connectivity index (χ4n) is 3.10. The van der Waals surface area contributed by atoms with Crippen molar-refractivity contribution >= 4 is 12.0 Å². The molecule has 2 unspecified atom stereocenters. The number of rotatable bonds is 2. The predicted octanol–water partition coefficient (Wildman–Crippen LogP) is 1.68. The quantitative estimate of drug-likeness (QED) is 0.895. The summed E-state index contributed by atoms with van der Waals surface area (Å²) in [6.45, 7) is 0.818. The molecule has 6 heteroatoms. The number of hydrogen-bond donors (Lipinski definition) is 1. The minimum Gasteiger partial charge on any atom is -0.465 e. The Balaban J connectivity index is 1.75. The maximum atomic E-state index is 12.9. The van der Waals surface area contributed by atoms with Crippen molar-refractivity contribution in [3.63, 3.8) is 0 Å². The maximum absolute atomic E-state index is 12.9. The molecule has 1 N–H and O–H groups in total. The van der Waals surface area contributed by atoms with E-state index in [0.717, 1.165) is 12.0 Å². The number of carboxylic acid groups (broad SMARTS) is 1. The van der Waals surface area contributed by atoms with Crippen molar-refractivity contribution in [3.8, 4) is 0 Å². The third-order valence-electron chi connectivity index (χ3n) is 4.04. The highest BCUT2D eigenvalue weighted by atomic mass is 19.1. The van der Waals surface area contributed by atoms with Gasteiger partial charge in [-0.2, -0.15) is 0 Å². The van der Waals surface area contributed by atoms with Gasteiger partial charge in [0.25, 0.3) is 0 Å². The van der Waals surface area contributed by atoms with Gasteiger partial charge in [0, 0.05) is 13.1 Å². The van der Waals surface area contributed by atoms with Crippen molar-refractivity contribution in [2.45, 2.75) is 31.5 Å². The van der Waals surface area contributed by atoms with Gasteiger partial charge >= 0.3 is 6.09 Å².